The van der Waals surface area contributed by atoms with Crippen molar-refractivity contribution in [2.45, 2.75) is 13.5 Å². The SMILES string of the molecule is Cc1ccccc1OCc1ccccc1-c1nnc(-c2ccccc2)o1. The molecule has 0 fully saturated rings. The van der Waals surface area contributed by atoms with Gasteiger partial charge in [0, 0.05) is 16.7 Å². The molecule has 1 aromatic heterocycles. The van der Waals surface area contributed by atoms with Gasteiger partial charge >= 0.3 is 0 Å². The van der Waals surface area contributed by atoms with Crippen LogP contribution in [0.5, 0.6) is 5.75 Å². The average molecular weight is 342 g/mol. The molecule has 0 spiro atoms. The lowest BCUT2D eigenvalue weighted by molar-refractivity contribution is 0.304. The van der Waals surface area contributed by atoms with Crippen molar-refractivity contribution in [1.82, 2.24) is 10.2 Å². The highest BCUT2D eigenvalue weighted by molar-refractivity contribution is 5.61. The van der Waals surface area contributed by atoms with Crippen molar-refractivity contribution < 1.29 is 9.15 Å². The van der Waals surface area contributed by atoms with Crippen LogP contribution in [0.2, 0.25) is 0 Å². The third-order valence-electron chi connectivity index (χ3n) is 4.17. The summed E-state index contributed by atoms with van der Waals surface area (Å²) in [6, 6.07) is 25.6. The summed E-state index contributed by atoms with van der Waals surface area (Å²) < 4.78 is 11.9. The van der Waals surface area contributed by atoms with Crippen LogP contribution in [0.25, 0.3) is 22.9 Å². The Balaban J connectivity index is 1.60. The van der Waals surface area contributed by atoms with E-state index in [1.54, 1.807) is 0 Å². The first kappa shape index (κ1) is 16.1. The van der Waals surface area contributed by atoms with Gasteiger partial charge < -0.3 is 9.15 Å². The molecule has 0 saturated carbocycles. The predicted octanol–water partition coefficient (Wildman–Crippen LogP) is 5.29. The molecular weight excluding hydrogens is 324 g/mol. The zero-order valence-corrected chi connectivity index (χ0v) is 14.4. The number of hydrogen-bond donors (Lipinski definition) is 0. The molecule has 0 radical (unpaired) electrons. The Kier molecular flexibility index (Phi) is 4.48. The van der Waals surface area contributed by atoms with E-state index < -0.39 is 0 Å². The topological polar surface area (TPSA) is 48.2 Å². The minimum atomic E-state index is 0.435. The number of aryl methyl sites for hydroxylation is 1. The number of ether oxygens (including phenoxy) is 1. The van der Waals surface area contributed by atoms with E-state index in [0.717, 1.165) is 28.0 Å². The van der Waals surface area contributed by atoms with Gasteiger partial charge in [-0.2, -0.15) is 0 Å². The molecule has 4 rings (SSSR count). The number of benzene rings is 3. The molecule has 3 aromatic carbocycles. The first-order chi connectivity index (χ1) is 12.8. The summed E-state index contributed by atoms with van der Waals surface area (Å²) in [4.78, 5) is 0. The van der Waals surface area contributed by atoms with Crippen molar-refractivity contribution in [1.29, 1.82) is 0 Å². The molecule has 0 atom stereocenters. The smallest absolute Gasteiger partial charge is 0.248 e. The maximum absolute atomic E-state index is 5.99. The first-order valence-corrected chi connectivity index (χ1v) is 8.47. The largest absolute Gasteiger partial charge is 0.489 e. The molecule has 128 valence electrons. The van der Waals surface area contributed by atoms with E-state index in [1.807, 2.05) is 85.8 Å². The normalized spacial score (nSPS) is 10.7. The first-order valence-electron chi connectivity index (χ1n) is 8.47. The molecule has 0 aliphatic rings. The van der Waals surface area contributed by atoms with Crippen LogP contribution in [-0.4, -0.2) is 10.2 Å². The molecule has 0 saturated heterocycles. The summed E-state index contributed by atoms with van der Waals surface area (Å²) in [5.74, 6) is 1.88. The van der Waals surface area contributed by atoms with E-state index in [4.69, 9.17) is 9.15 Å². The second kappa shape index (κ2) is 7.23. The van der Waals surface area contributed by atoms with E-state index >= 15 is 0 Å². The van der Waals surface area contributed by atoms with E-state index in [-0.39, 0.29) is 0 Å². The number of hydrogen-bond acceptors (Lipinski definition) is 4. The zero-order valence-electron chi connectivity index (χ0n) is 14.4. The second-order valence-electron chi connectivity index (χ2n) is 5.99. The van der Waals surface area contributed by atoms with Crippen LogP contribution in [-0.2, 0) is 6.61 Å². The molecule has 0 aliphatic heterocycles. The highest BCUT2D eigenvalue weighted by atomic mass is 16.5. The summed E-state index contributed by atoms with van der Waals surface area (Å²) in [6.45, 7) is 2.47. The third-order valence-corrected chi connectivity index (χ3v) is 4.17. The van der Waals surface area contributed by atoms with Crippen LogP contribution in [0.3, 0.4) is 0 Å². The van der Waals surface area contributed by atoms with Gasteiger partial charge in [0.05, 0.1) is 0 Å². The van der Waals surface area contributed by atoms with Crippen molar-refractivity contribution in [3.8, 4) is 28.7 Å². The van der Waals surface area contributed by atoms with Crippen molar-refractivity contribution in [3.63, 3.8) is 0 Å². The minimum absolute atomic E-state index is 0.435. The molecule has 26 heavy (non-hydrogen) atoms. The van der Waals surface area contributed by atoms with Gasteiger partial charge in [-0.25, -0.2) is 0 Å². The minimum Gasteiger partial charge on any atom is -0.489 e. The number of rotatable bonds is 5. The van der Waals surface area contributed by atoms with Gasteiger partial charge in [0.15, 0.2) is 0 Å². The Bertz CT molecular complexity index is 1010. The summed E-state index contributed by atoms with van der Waals surface area (Å²) in [5, 5.41) is 8.40. The lowest BCUT2D eigenvalue weighted by Crippen LogP contribution is -1.99. The fraction of sp³-hybridized carbons (Fsp3) is 0.0909. The average Bonchev–Trinajstić information content (AvgIpc) is 3.18. The Morgan fingerprint density at radius 1 is 0.769 bits per heavy atom. The Morgan fingerprint density at radius 2 is 1.46 bits per heavy atom. The quantitative estimate of drug-likeness (QED) is 0.494. The monoisotopic (exact) mass is 342 g/mol. The molecule has 0 bridgehead atoms. The summed E-state index contributed by atoms with van der Waals surface area (Å²) in [7, 11) is 0. The van der Waals surface area contributed by atoms with Crippen LogP contribution >= 0.6 is 0 Å². The third kappa shape index (κ3) is 3.35. The Hall–Kier alpha value is -3.40. The van der Waals surface area contributed by atoms with E-state index in [1.165, 1.54) is 0 Å². The van der Waals surface area contributed by atoms with Gasteiger partial charge in [-0.05, 0) is 36.8 Å². The van der Waals surface area contributed by atoms with Gasteiger partial charge in [0.1, 0.15) is 12.4 Å². The lowest BCUT2D eigenvalue weighted by atomic mass is 10.1. The molecule has 4 nitrogen and oxygen atoms in total. The van der Waals surface area contributed by atoms with Crippen molar-refractivity contribution >= 4 is 0 Å². The van der Waals surface area contributed by atoms with Crippen molar-refractivity contribution in [3.05, 3.63) is 90.0 Å². The van der Waals surface area contributed by atoms with Gasteiger partial charge in [0.2, 0.25) is 11.8 Å². The van der Waals surface area contributed by atoms with Gasteiger partial charge in [-0.15, -0.1) is 10.2 Å². The van der Waals surface area contributed by atoms with Crippen LogP contribution < -0.4 is 4.74 Å². The molecule has 0 unspecified atom stereocenters. The van der Waals surface area contributed by atoms with Crippen LogP contribution in [0.1, 0.15) is 11.1 Å². The van der Waals surface area contributed by atoms with E-state index in [0.29, 0.717) is 18.4 Å². The van der Waals surface area contributed by atoms with E-state index in [9.17, 15) is 0 Å². The fourth-order valence-corrected chi connectivity index (χ4v) is 2.76. The number of para-hydroxylation sites is 1. The van der Waals surface area contributed by atoms with E-state index in [2.05, 4.69) is 10.2 Å². The molecule has 4 heteroatoms. The molecule has 0 N–H and O–H groups in total. The van der Waals surface area contributed by atoms with Gasteiger partial charge in [0.25, 0.3) is 0 Å². The summed E-state index contributed by atoms with van der Waals surface area (Å²) >= 11 is 0. The van der Waals surface area contributed by atoms with Gasteiger partial charge in [-0.3, -0.25) is 0 Å². The molecule has 0 amide bonds. The predicted molar refractivity (Wildman–Crippen MR) is 101 cm³/mol. The number of aromatic nitrogens is 2. The van der Waals surface area contributed by atoms with Crippen LogP contribution in [0.4, 0.5) is 0 Å². The molecule has 4 aromatic rings. The second-order valence-corrected chi connectivity index (χ2v) is 5.99. The highest BCUT2D eigenvalue weighted by Crippen LogP contribution is 2.27. The Morgan fingerprint density at radius 3 is 2.31 bits per heavy atom. The summed E-state index contributed by atoms with van der Waals surface area (Å²) in [6.07, 6.45) is 0. The maximum Gasteiger partial charge on any atom is 0.248 e. The van der Waals surface area contributed by atoms with Gasteiger partial charge in [-0.1, -0.05) is 54.6 Å². The van der Waals surface area contributed by atoms with Crippen LogP contribution in [0.15, 0.2) is 83.3 Å². The standard InChI is InChI=1S/C22H18N2O2/c1-16-9-5-8-14-20(16)25-15-18-12-6-7-13-19(18)22-24-23-21(26-22)17-10-3-2-4-11-17/h2-14H,15H2,1H3. The zero-order chi connectivity index (χ0) is 17.8. The van der Waals surface area contributed by atoms with Crippen LogP contribution in [0, 0.1) is 6.92 Å². The molecular formula is C22H18N2O2. The fourth-order valence-electron chi connectivity index (χ4n) is 2.76. The lowest BCUT2D eigenvalue weighted by Gasteiger charge is -2.10. The highest BCUT2D eigenvalue weighted by Gasteiger charge is 2.14. The molecule has 0 aliphatic carbocycles. The maximum atomic E-state index is 5.99. The Labute approximate surface area is 152 Å². The van der Waals surface area contributed by atoms with Crippen molar-refractivity contribution in [2.75, 3.05) is 0 Å². The number of nitrogens with zero attached hydrogens (tertiary/aromatic N) is 2. The summed E-state index contributed by atoms with van der Waals surface area (Å²) in [5.41, 5.74) is 3.89. The van der Waals surface area contributed by atoms with Crippen molar-refractivity contribution in [2.24, 2.45) is 0 Å². The molecule has 1 heterocycles.